The van der Waals surface area contributed by atoms with Crippen LogP contribution in [0.4, 0.5) is 9.52 Å². The van der Waals surface area contributed by atoms with Crippen LogP contribution in [-0.4, -0.2) is 24.2 Å². The van der Waals surface area contributed by atoms with Crippen molar-refractivity contribution in [3.05, 3.63) is 53.8 Å². The predicted octanol–water partition coefficient (Wildman–Crippen LogP) is 3.83. The zero-order valence-corrected chi connectivity index (χ0v) is 13.9. The van der Waals surface area contributed by atoms with E-state index in [0.29, 0.717) is 15.3 Å². The number of fused-ring (bicyclic) bond motifs is 1. The number of carbonyl (C=O) groups is 1. The van der Waals surface area contributed by atoms with Gasteiger partial charge in [-0.15, -0.1) is 0 Å². The lowest BCUT2D eigenvalue weighted by Gasteiger charge is -2.10. The van der Waals surface area contributed by atoms with E-state index in [1.54, 1.807) is 31.5 Å². The van der Waals surface area contributed by atoms with Gasteiger partial charge in [0, 0.05) is 6.92 Å². The highest BCUT2D eigenvalue weighted by atomic mass is 32.1. The SMILES string of the molecule is COc1ccc(C=NN(C(C)=O)c2nc3ccc(F)cc3s2)cc1. The molecule has 122 valence electrons. The van der Waals surface area contributed by atoms with Gasteiger partial charge in [0.25, 0.3) is 0 Å². The number of benzene rings is 2. The monoisotopic (exact) mass is 343 g/mol. The van der Waals surface area contributed by atoms with Crippen LogP contribution in [0.5, 0.6) is 5.75 Å². The molecule has 0 unspecified atom stereocenters. The maximum absolute atomic E-state index is 13.3. The second-order valence-corrected chi connectivity index (χ2v) is 5.97. The number of rotatable bonds is 4. The first-order chi connectivity index (χ1) is 11.6. The van der Waals surface area contributed by atoms with Gasteiger partial charge in [0.2, 0.25) is 11.0 Å². The highest BCUT2D eigenvalue weighted by Crippen LogP contribution is 2.29. The molecule has 0 aliphatic heterocycles. The van der Waals surface area contributed by atoms with Crippen molar-refractivity contribution in [3.8, 4) is 5.75 Å². The number of anilines is 1. The Labute approximate surface area is 142 Å². The molecule has 1 heterocycles. The molecule has 0 bridgehead atoms. The molecular weight excluding hydrogens is 329 g/mol. The molecule has 24 heavy (non-hydrogen) atoms. The number of hydrazone groups is 1. The van der Waals surface area contributed by atoms with E-state index in [2.05, 4.69) is 10.1 Å². The summed E-state index contributed by atoms with van der Waals surface area (Å²) in [7, 11) is 1.59. The molecule has 0 aliphatic rings. The standard InChI is InChI=1S/C17H14FN3O2S/c1-11(22)21(19-10-12-3-6-14(23-2)7-4-12)17-20-15-8-5-13(18)9-16(15)24-17/h3-10H,1-2H3. The first-order valence-corrected chi connectivity index (χ1v) is 7.93. The minimum Gasteiger partial charge on any atom is -0.497 e. The third-order valence-corrected chi connectivity index (χ3v) is 4.25. The Kier molecular flexibility index (Phi) is 4.52. The van der Waals surface area contributed by atoms with E-state index in [9.17, 15) is 9.18 Å². The van der Waals surface area contributed by atoms with Crippen molar-refractivity contribution in [1.82, 2.24) is 4.98 Å². The fourth-order valence-electron chi connectivity index (χ4n) is 2.06. The van der Waals surface area contributed by atoms with Crippen LogP contribution in [0.3, 0.4) is 0 Å². The number of nitrogens with zero attached hydrogens (tertiary/aromatic N) is 3. The smallest absolute Gasteiger partial charge is 0.246 e. The highest BCUT2D eigenvalue weighted by molar-refractivity contribution is 7.22. The van der Waals surface area contributed by atoms with Gasteiger partial charge >= 0.3 is 0 Å². The number of ether oxygens (including phenoxy) is 1. The van der Waals surface area contributed by atoms with Gasteiger partial charge in [-0.25, -0.2) is 9.37 Å². The maximum atomic E-state index is 13.3. The van der Waals surface area contributed by atoms with Crippen LogP contribution in [0.15, 0.2) is 47.6 Å². The lowest BCUT2D eigenvalue weighted by molar-refractivity contribution is -0.116. The maximum Gasteiger partial charge on any atom is 0.246 e. The van der Waals surface area contributed by atoms with Gasteiger partial charge in [0.05, 0.1) is 23.5 Å². The van der Waals surface area contributed by atoms with Crippen LogP contribution >= 0.6 is 11.3 Å². The number of halogens is 1. The van der Waals surface area contributed by atoms with Crippen LogP contribution in [0.25, 0.3) is 10.2 Å². The average Bonchev–Trinajstić information content (AvgIpc) is 2.98. The summed E-state index contributed by atoms with van der Waals surface area (Å²) in [5.74, 6) is 0.122. The molecule has 2 aromatic carbocycles. The van der Waals surface area contributed by atoms with Crippen LogP contribution in [0.2, 0.25) is 0 Å². The largest absolute Gasteiger partial charge is 0.497 e. The fraction of sp³-hybridized carbons (Fsp3) is 0.118. The second kappa shape index (κ2) is 6.76. The molecule has 3 aromatic rings. The fourth-order valence-corrected chi connectivity index (χ4v) is 3.05. The van der Waals surface area contributed by atoms with E-state index in [-0.39, 0.29) is 11.7 Å². The van der Waals surface area contributed by atoms with Gasteiger partial charge in [0.15, 0.2) is 0 Å². The minimum absolute atomic E-state index is 0.278. The van der Waals surface area contributed by atoms with Crippen LogP contribution < -0.4 is 9.75 Å². The Morgan fingerprint density at radius 1 is 1.29 bits per heavy atom. The van der Waals surface area contributed by atoms with Crippen molar-refractivity contribution in [3.63, 3.8) is 0 Å². The van der Waals surface area contributed by atoms with E-state index in [4.69, 9.17) is 4.74 Å². The van der Waals surface area contributed by atoms with Gasteiger partial charge in [-0.05, 0) is 48.0 Å². The molecule has 7 heteroatoms. The topological polar surface area (TPSA) is 54.8 Å². The van der Waals surface area contributed by atoms with Crippen LogP contribution in [0.1, 0.15) is 12.5 Å². The summed E-state index contributed by atoms with van der Waals surface area (Å²) in [5, 5.41) is 5.81. The number of aromatic nitrogens is 1. The van der Waals surface area contributed by atoms with Gasteiger partial charge in [-0.3, -0.25) is 4.79 Å². The molecule has 0 fully saturated rings. The Balaban J connectivity index is 1.90. The molecule has 0 radical (unpaired) electrons. The van der Waals surface area contributed by atoms with Crippen LogP contribution in [-0.2, 0) is 4.79 Å². The predicted molar refractivity (Wildman–Crippen MR) is 93.3 cm³/mol. The zero-order chi connectivity index (χ0) is 17.1. The number of amides is 1. The van der Waals surface area contributed by atoms with Crippen molar-refractivity contribution in [2.45, 2.75) is 6.92 Å². The second-order valence-electron chi connectivity index (χ2n) is 4.96. The molecule has 0 aliphatic carbocycles. The molecule has 1 amide bonds. The van der Waals surface area contributed by atoms with Gasteiger partial charge in [-0.2, -0.15) is 10.1 Å². The minimum atomic E-state index is -0.339. The lowest BCUT2D eigenvalue weighted by atomic mass is 10.2. The molecular formula is C17H14FN3O2S. The molecule has 0 N–H and O–H groups in total. The zero-order valence-electron chi connectivity index (χ0n) is 13.1. The number of carbonyl (C=O) groups excluding carboxylic acids is 1. The molecule has 0 atom stereocenters. The Hall–Kier alpha value is -2.80. The van der Waals surface area contributed by atoms with E-state index < -0.39 is 0 Å². The number of hydrogen-bond donors (Lipinski definition) is 0. The highest BCUT2D eigenvalue weighted by Gasteiger charge is 2.15. The first-order valence-electron chi connectivity index (χ1n) is 7.11. The van der Waals surface area contributed by atoms with Crippen molar-refractivity contribution >= 4 is 38.8 Å². The van der Waals surface area contributed by atoms with Gasteiger partial charge in [-0.1, -0.05) is 11.3 Å². The van der Waals surface area contributed by atoms with Crippen molar-refractivity contribution in [2.24, 2.45) is 5.10 Å². The quantitative estimate of drug-likeness (QED) is 0.534. The number of thiazole rings is 1. The lowest BCUT2D eigenvalue weighted by Crippen LogP contribution is -2.22. The number of methoxy groups -OCH3 is 1. The molecule has 5 nitrogen and oxygen atoms in total. The third-order valence-electron chi connectivity index (χ3n) is 3.26. The molecule has 0 saturated heterocycles. The van der Waals surface area contributed by atoms with E-state index in [0.717, 1.165) is 11.3 Å². The third kappa shape index (κ3) is 3.41. The molecule has 1 aromatic heterocycles. The Morgan fingerprint density at radius 2 is 2.04 bits per heavy atom. The summed E-state index contributed by atoms with van der Waals surface area (Å²) in [5.41, 5.74) is 1.44. The van der Waals surface area contributed by atoms with Gasteiger partial charge < -0.3 is 4.74 Å². The Morgan fingerprint density at radius 3 is 2.71 bits per heavy atom. The normalized spacial score (nSPS) is 11.1. The average molecular weight is 343 g/mol. The summed E-state index contributed by atoms with van der Waals surface area (Å²) in [6.07, 6.45) is 1.56. The molecule has 0 spiro atoms. The summed E-state index contributed by atoms with van der Waals surface area (Å²) in [6.45, 7) is 1.40. The van der Waals surface area contributed by atoms with Crippen molar-refractivity contribution < 1.29 is 13.9 Å². The van der Waals surface area contributed by atoms with Crippen molar-refractivity contribution in [2.75, 3.05) is 12.1 Å². The molecule has 0 saturated carbocycles. The number of hydrogen-bond acceptors (Lipinski definition) is 5. The van der Waals surface area contributed by atoms with Gasteiger partial charge in [0.1, 0.15) is 11.6 Å². The summed E-state index contributed by atoms with van der Waals surface area (Å²) >= 11 is 1.21. The Bertz CT molecular complexity index is 906. The summed E-state index contributed by atoms with van der Waals surface area (Å²) < 4.78 is 19.1. The van der Waals surface area contributed by atoms with E-state index in [1.165, 1.54) is 35.4 Å². The van der Waals surface area contributed by atoms with Crippen molar-refractivity contribution in [1.29, 1.82) is 0 Å². The van der Waals surface area contributed by atoms with E-state index in [1.807, 2.05) is 12.1 Å². The van der Waals surface area contributed by atoms with Crippen LogP contribution in [0, 0.1) is 5.82 Å². The summed E-state index contributed by atoms with van der Waals surface area (Å²) in [6, 6.07) is 11.6. The first kappa shape index (κ1) is 16.1. The van der Waals surface area contributed by atoms with E-state index >= 15 is 0 Å². The molecule has 3 rings (SSSR count). The summed E-state index contributed by atoms with van der Waals surface area (Å²) in [4.78, 5) is 16.2.